The van der Waals surface area contributed by atoms with Crippen molar-refractivity contribution in [3.8, 4) is 0 Å². The summed E-state index contributed by atoms with van der Waals surface area (Å²) in [6.45, 7) is 4.34. The van der Waals surface area contributed by atoms with Crippen LogP contribution in [0.5, 0.6) is 0 Å². The molecule has 1 heterocycles. The fourth-order valence-electron chi connectivity index (χ4n) is 2.08. The van der Waals surface area contributed by atoms with Gasteiger partial charge in [0.15, 0.2) is 9.84 Å². The smallest absolute Gasteiger partial charge is 0.178 e. The van der Waals surface area contributed by atoms with Crippen molar-refractivity contribution in [2.45, 2.75) is 31.6 Å². The molecule has 3 heteroatoms. The molecule has 1 aliphatic rings. The van der Waals surface area contributed by atoms with E-state index in [0.717, 1.165) is 12.0 Å². The van der Waals surface area contributed by atoms with E-state index in [-0.39, 0.29) is 5.75 Å². The highest BCUT2D eigenvalue weighted by Crippen LogP contribution is 2.27. The van der Waals surface area contributed by atoms with E-state index in [9.17, 15) is 8.42 Å². The Labute approximate surface area is 91.2 Å². The quantitative estimate of drug-likeness (QED) is 0.772. The predicted molar refractivity (Wildman–Crippen MR) is 60.7 cm³/mol. The lowest BCUT2D eigenvalue weighted by molar-refractivity contribution is 0.600. The molecule has 0 spiro atoms. The third-order valence-corrected chi connectivity index (χ3v) is 4.55. The maximum atomic E-state index is 11.6. The molecule has 0 amide bonds. The maximum Gasteiger partial charge on any atom is 0.178 e. The third-order valence-electron chi connectivity index (χ3n) is 2.74. The molecule has 15 heavy (non-hydrogen) atoms. The summed E-state index contributed by atoms with van der Waals surface area (Å²) in [6.07, 6.45) is 1.71. The average Bonchev–Trinajstić information content (AvgIpc) is 2.41. The predicted octanol–water partition coefficient (Wildman–Crippen LogP) is 2.21. The van der Waals surface area contributed by atoms with Gasteiger partial charge in [0, 0.05) is 0 Å². The molecule has 1 aliphatic heterocycles. The van der Waals surface area contributed by atoms with Crippen molar-refractivity contribution < 1.29 is 8.42 Å². The Morgan fingerprint density at radius 1 is 1.33 bits per heavy atom. The third kappa shape index (κ3) is 2.07. The summed E-state index contributed by atoms with van der Waals surface area (Å²) in [5.41, 5.74) is 2.26. The van der Waals surface area contributed by atoms with Crippen molar-refractivity contribution in [2.75, 3.05) is 5.75 Å². The van der Waals surface area contributed by atoms with Crippen LogP contribution in [0.15, 0.2) is 23.1 Å². The van der Waals surface area contributed by atoms with Crippen LogP contribution < -0.4 is 0 Å². The van der Waals surface area contributed by atoms with Gasteiger partial charge in [-0.1, -0.05) is 26.0 Å². The highest BCUT2D eigenvalue weighted by atomic mass is 32.2. The second-order valence-electron chi connectivity index (χ2n) is 4.61. The van der Waals surface area contributed by atoms with E-state index >= 15 is 0 Å². The van der Waals surface area contributed by atoms with E-state index in [2.05, 4.69) is 19.9 Å². The molecule has 0 saturated carbocycles. The standard InChI is InChI=1S/C12H16O2S/c1-9(2)7-10-3-4-12-11(8-10)5-6-15(12,13)14/h3-4,8-9H,5-7H2,1-2H3. The van der Waals surface area contributed by atoms with E-state index < -0.39 is 9.84 Å². The zero-order valence-electron chi connectivity index (χ0n) is 9.16. The Bertz CT molecular complexity index is 472. The van der Waals surface area contributed by atoms with Gasteiger partial charge in [0.2, 0.25) is 0 Å². The monoisotopic (exact) mass is 224 g/mol. The molecule has 0 bridgehead atoms. The molecule has 0 atom stereocenters. The molecule has 1 aromatic rings. The Balaban J connectivity index is 2.38. The van der Waals surface area contributed by atoms with Crippen LogP contribution in [0.4, 0.5) is 0 Å². The molecule has 0 saturated heterocycles. The van der Waals surface area contributed by atoms with Gasteiger partial charge in [0.05, 0.1) is 10.6 Å². The van der Waals surface area contributed by atoms with Crippen molar-refractivity contribution in [1.82, 2.24) is 0 Å². The van der Waals surface area contributed by atoms with Gasteiger partial charge in [-0.2, -0.15) is 0 Å². The van der Waals surface area contributed by atoms with E-state index in [1.165, 1.54) is 5.56 Å². The largest absolute Gasteiger partial charge is 0.224 e. The minimum atomic E-state index is -2.95. The Morgan fingerprint density at radius 3 is 2.73 bits per heavy atom. The number of sulfone groups is 1. The number of hydrogen-bond donors (Lipinski definition) is 0. The van der Waals surface area contributed by atoms with Gasteiger partial charge < -0.3 is 0 Å². The second kappa shape index (κ2) is 3.63. The van der Waals surface area contributed by atoms with Crippen LogP contribution in [0.25, 0.3) is 0 Å². The summed E-state index contributed by atoms with van der Waals surface area (Å²) in [5, 5.41) is 0. The zero-order valence-corrected chi connectivity index (χ0v) is 9.97. The number of benzene rings is 1. The van der Waals surface area contributed by atoms with Gasteiger partial charge in [0.25, 0.3) is 0 Å². The summed E-state index contributed by atoms with van der Waals surface area (Å²) in [7, 11) is -2.95. The van der Waals surface area contributed by atoms with Gasteiger partial charge in [-0.25, -0.2) is 8.42 Å². The second-order valence-corrected chi connectivity index (χ2v) is 6.69. The van der Waals surface area contributed by atoms with E-state index in [1.807, 2.05) is 6.07 Å². The molecule has 0 aromatic heterocycles. The molecular formula is C12H16O2S. The van der Waals surface area contributed by atoms with Crippen LogP contribution in [-0.2, 0) is 22.7 Å². The van der Waals surface area contributed by atoms with E-state index in [1.54, 1.807) is 6.07 Å². The summed E-state index contributed by atoms with van der Waals surface area (Å²) < 4.78 is 23.2. The van der Waals surface area contributed by atoms with E-state index in [4.69, 9.17) is 0 Å². The summed E-state index contributed by atoms with van der Waals surface area (Å²) >= 11 is 0. The van der Waals surface area contributed by atoms with Gasteiger partial charge >= 0.3 is 0 Å². The fourth-order valence-corrected chi connectivity index (χ4v) is 3.63. The number of rotatable bonds is 2. The summed E-state index contributed by atoms with van der Waals surface area (Å²) in [4.78, 5) is 0.551. The SMILES string of the molecule is CC(C)Cc1ccc2c(c1)CCS2(=O)=O. The van der Waals surface area contributed by atoms with Crippen LogP contribution in [0.2, 0.25) is 0 Å². The van der Waals surface area contributed by atoms with Crippen molar-refractivity contribution in [1.29, 1.82) is 0 Å². The van der Waals surface area contributed by atoms with Crippen LogP contribution in [0.3, 0.4) is 0 Å². The Hall–Kier alpha value is -0.830. The fraction of sp³-hybridized carbons (Fsp3) is 0.500. The molecule has 2 rings (SSSR count). The molecule has 0 unspecified atom stereocenters. The van der Waals surface area contributed by atoms with Gasteiger partial charge in [0.1, 0.15) is 0 Å². The molecule has 1 aromatic carbocycles. The summed E-state index contributed by atoms with van der Waals surface area (Å²) in [5.74, 6) is 0.897. The topological polar surface area (TPSA) is 34.1 Å². The lowest BCUT2D eigenvalue weighted by atomic mass is 10.0. The minimum absolute atomic E-state index is 0.285. The van der Waals surface area contributed by atoms with Crippen molar-refractivity contribution in [3.05, 3.63) is 29.3 Å². The highest BCUT2D eigenvalue weighted by molar-refractivity contribution is 7.91. The van der Waals surface area contributed by atoms with Crippen molar-refractivity contribution in [3.63, 3.8) is 0 Å². The number of aryl methyl sites for hydroxylation is 1. The van der Waals surface area contributed by atoms with Crippen LogP contribution in [0, 0.1) is 5.92 Å². The number of fused-ring (bicyclic) bond motifs is 1. The number of hydrogen-bond acceptors (Lipinski definition) is 2. The van der Waals surface area contributed by atoms with Crippen LogP contribution in [0.1, 0.15) is 25.0 Å². The molecule has 0 radical (unpaired) electrons. The Morgan fingerprint density at radius 2 is 2.07 bits per heavy atom. The van der Waals surface area contributed by atoms with Gasteiger partial charge in [-0.05, 0) is 36.0 Å². The zero-order chi connectivity index (χ0) is 11.1. The Kier molecular flexibility index (Phi) is 2.59. The van der Waals surface area contributed by atoms with Gasteiger partial charge in [-0.3, -0.25) is 0 Å². The van der Waals surface area contributed by atoms with Crippen LogP contribution in [-0.4, -0.2) is 14.2 Å². The molecule has 2 nitrogen and oxygen atoms in total. The highest BCUT2D eigenvalue weighted by Gasteiger charge is 2.25. The maximum absolute atomic E-state index is 11.6. The first kappa shape index (κ1) is 10.7. The van der Waals surface area contributed by atoms with Crippen molar-refractivity contribution in [2.24, 2.45) is 5.92 Å². The molecule has 82 valence electrons. The molecule has 0 N–H and O–H groups in total. The van der Waals surface area contributed by atoms with Gasteiger partial charge in [-0.15, -0.1) is 0 Å². The first-order valence-electron chi connectivity index (χ1n) is 5.33. The first-order chi connectivity index (χ1) is 6.99. The van der Waals surface area contributed by atoms with Crippen molar-refractivity contribution >= 4 is 9.84 Å². The van der Waals surface area contributed by atoms with Crippen LogP contribution >= 0.6 is 0 Å². The first-order valence-corrected chi connectivity index (χ1v) is 6.99. The molecular weight excluding hydrogens is 208 g/mol. The van der Waals surface area contributed by atoms with E-state index in [0.29, 0.717) is 17.2 Å². The lowest BCUT2D eigenvalue weighted by Gasteiger charge is -2.06. The molecule has 0 fully saturated rings. The normalized spacial score (nSPS) is 18.1. The molecule has 0 aliphatic carbocycles. The minimum Gasteiger partial charge on any atom is -0.224 e. The average molecular weight is 224 g/mol. The lowest BCUT2D eigenvalue weighted by Crippen LogP contribution is -1.99. The summed E-state index contributed by atoms with van der Waals surface area (Å²) in [6, 6.07) is 5.77.